The lowest BCUT2D eigenvalue weighted by molar-refractivity contribution is 0.249. The van der Waals surface area contributed by atoms with Crippen LogP contribution in [0.1, 0.15) is 118 Å². The van der Waals surface area contributed by atoms with Crippen LogP contribution < -0.4 is 0 Å². The Labute approximate surface area is 264 Å². The molecule has 236 valence electrons. The molecule has 1 aliphatic heterocycles. The second kappa shape index (κ2) is 21.3. The summed E-state index contributed by atoms with van der Waals surface area (Å²) in [7, 11) is 0. The van der Waals surface area contributed by atoms with E-state index >= 15 is 0 Å². The highest BCUT2D eigenvalue weighted by Gasteiger charge is 2.24. The average molecular weight is 586 g/mol. The van der Waals surface area contributed by atoms with E-state index in [1.807, 2.05) is 58.3 Å². The molecule has 0 aliphatic carbocycles. The number of nitrogens with zero attached hydrogens (tertiary/aromatic N) is 3. The van der Waals surface area contributed by atoms with E-state index in [1.54, 1.807) is 0 Å². The molecule has 4 heteroatoms. The van der Waals surface area contributed by atoms with Gasteiger partial charge in [0.2, 0.25) is 0 Å². The molecule has 2 aromatic rings. The van der Waals surface area contributed by atoms with Crippen LogP contribution in [0.4, 0.5) is 0 Å². The molecule has 0 amide bonds. The lowest BCUT2D eigenvalue weighted by Gasteiger charge is -2.19. The maximum atomic E-state index is 6.06. The second-order valence-electron chi connectivity index (χ2n) is 11.1. The summed E-state index contributed by atoms with van der Waals surface area (Å²) in [4.78, 5) is 11.5. The van der Waals surface area contributed by atoms with E-state index < -0.39 is 0 Å². The third-order valence-electron chi connectivity index (χ3n) is 7.49. The van der Waals surface area contributed by atoms with E-state index in [9.17, 15) is 0 Å². The van der Waals surface area contributed by atoms with Gasteiger partial charge in [-0.3, -0.25) is 0 Å². The third kappa shape index (κ3) is 13.2. The highest BCUT2D eigenvalue weighted by molar-refractivity contribution is 5.56. The van der Waals surface area contributed by atoms with Crippen molar-refractivity contribution in [3.8, 4) is 11.4 Å². The largest absolute Gasteiger partial charge is 0.439 e. The Morgan fingerprint density at radius 3 is 2.21 bits per heavy atom. The van der Waals surface area contributed by atoms with Gasteiger partial charge in [0.25, 0.3) is 0 Å². The number of ether oxygens (including phenoxy) is 1. The van der Waals surface area contributed by atoms with Crippen molar-refractivity contribution in [1.82, 2.24) is 14.9 Å². The van der Waals surface area contributed by atoms with Crippen molar-refractivity contribution in [3.63, 3.8) is 0 Å². The molecule has 0 saturated heterocycles. The number of hydrogen-bond acceptors (Lipinski definition) is 4. The number of aromatic nitrogens is 2. The molecule has 43 heavy (non-hydrogen) atoms. The van der Waals surface area contributed by atoms with Gasteiger partial charge in [-0.2, -0.15) is 0 Å². The maximum absolute atomic E-state index is 6.06. The Bertz CT molecular complexity index is 1200. The highest BCUT2D eigenvalue weighted by Crippen LogP contribution is 2.32. The van der Waals surface area contributed by atoms with Gasteiger partial charge in [-0.1, -0.05) is 122 Å². The molecule has 1 aromatic heterocycles. The molecular formula is C39H59N3O. The summed E-state index contributed by atoms with van der Waals surface area (Å²) in [6.45, 7) is 27.8. The average Bonchev–Trinajstić information content (AvgIpc) is 3.33. The number of hydrogen-bond donors (Lipinski definition) is 0. The zero-order valence-electron chi connectivity index (χ0n) is 28.8. The van der Waals surface area contributed by atoms with Crippen LogP contribution in [0.5, 0.6) is 0 Å². The zero-order valence-corrected chi connectivity index (χ0v) is 28.8. The number of rotatable bonds is 14. The summed E-state index contributed by atoms with van der Waals surface area (Å²) in [6.07, 6.45) is 19.9. The molecule has 0 N–H and O–H groups in total. The standard InChI is InChI=1S/C30H37N3O.C7H16.C2H6/c1-8-22(5)23(6)14-15-26-18-31-30(32-19-26)27-12-10-11-25(17-27)20-33-24(7)28(16-13-21(3)4)34-29(33)9-2;1-3-5-7-6-4-2;1-2/h9-13,16-19,22H,3,6,8,14-15,20H2,1-2,4-5,7H3;3-7H2,1-2H3;1-2H3/b16-13-,29-9?;;. The van der Waals surface area contributed by atoms with E-state index in [4.69, 9.17) is 4.74 Å². The molecule has 1 aromatic carbocycles. The van der Waals surface area contributed by atoms with Gasteiger partial charge in [-0.05, 0) is 75.3 Å². The summed E-state index contributed by atoms with van der Waals surface area (Å²) in [5, 5.41) is 0. The van der Waals surface area contributed by atoms with Crippen LogP contribution in [-0.2, 0) is 17.7 Å². The highest BCUT2D eigenvalue weighted by atomic mass is 16.5. The first-order chi connectivity index (χ1) is 20.7. The summed E-state index contributed by atoms with van der Waals surface area (Å²) in [5.74, 6) is 2.99. The number of allylic oxidation sites excluding steroid dienone is 6. The molecule has 1 unspecified atom stereocenters. The van der Waals surface area contributed by atoms with Crippen molar-refractivity contribution < 1.29 is 4.74 Å². The topological polar surface area (TPSA) is 38.2 Å². The SMILES string of the molecule is C=C(C)/C=C\C1=C(C)N(Cc2cccc(-c3ncc(CCC(=C)C(C)CC)cn3)c2)C(=CC)O1.CC.CCCCCCC. The molecule has 3 rings (SSSR count). The van der Waals surface area contributed by atoms with E-state index in [-0.39, 0.29) is 0 Å². The third-order valence-corrected chi connectivity index (χ3v) is 7.49. The van der Waals surface area contributed by atoms with Gasteiger partial charge < -0.3 is 9.64 Å². The molecule has 1 atom stereocenters. The molecule has 0 fully saturated rings. The Hall–Kier alpha value is -3.40. The van der Waals surface area contributed by atoms with E-state index in [2.05, 4.69) is 86.9 Å². The zero-order chi connectivity index (χ0) is 32.2. The Morgan fingerprint density at radius 1 is 1.00 bits per heavy atom. The fourth-order valence-electron chi connectivity index (χ4n) is 4.46. The van der Waals surface area contributed by atoms with Crippen molar-refractivity contribution in [2.45, 2.75) is 120 Å². The Kier molecular flexibility index (Phi) is 18.6. The Morgan fingerprint density at radius 2 is 1.65 bits per heavy atom. The molecule has 2 heterocycles. The first-order valence-corrected chi connectivity index (χ1v) is 16.5. The maximum Gasteiger partial charge on any atom is 0.196 e. The second-order valence-corrected chi connectivity index (χ2v) is 11.1. The first kappa shape index (κ1) is 37.6. The van der Waals surface area contributed by atoms with Gasteiger partial charge in [0.05, 0.1) is 12.2 Å². The van der Waals surface area contributed by atoms with E-state index in [0.29, 0.717) is 12.5 Å². The van der Waals surface area contributed by atoms with Crippen molar-refractivity contribution in [2.75, 3.05) is 0 Å². The quantitative estimate of drug-likeness (QED) is 0.126. The van der Waals surface area contributed by atoms with Crippen molar-refractivity contribution in [2.24, 2.45) is 5.92 Å². The fraction of sp³-hybridized carbons (Fsp3) is 0.487. The molecule has 0 radical (unpaired) electrons. The predicted molar refractivity (Wildman–Crippen MR) is 187 cm³/mol. The monoisotopic (exact) mass is 585 g/mol. The van der Waals surface area contributed by atoms with E-state index in [0.717, 1.165) is 59.1 Å². The number of aryl methyl sites for hydroxylation is 1. The molecule has 1 aliphatic rings. The van der Waals surface area contributed by atoms with Crippen LogP contribution >= 0.6 is 0 Å². The van der Waals surface area contributed by atoms with Crippen LogP contribution in [0, 0.1) is 5.92 Å². The van der Waals surface area contributed by atoms with Gasteiger partial charge in [0, 0.05) is 18.0 Å². The minimum Gasteiger partial charge on any atom is -0.439 e. The molecule has 0 saturated carbocycles. The lowest BCUT2D eigenvalue weighted by Crippen LogP contribution is -2.16. The smallest absolute Gasteiger partial charge is 0.196 e. The number of unbranched alkanes of at least 4 members (excludes halogenated alkanes) is 4. The predicted octanol–water partition coefficient (Wildman–Crippen LogP) is 11.7. The molecular weight excluding hydrogens is 526 g/mol. The van der Waals surface area contributed by atoms with Crippen molar-refractivity contribution in [3.05, 3.63) is 108 Å². The van der Waals surface area contributed by atoms with Crippen LogP contribution in [0.2, 0.25) is 0 Å². The van der Waals surface area contributed by atoms with Gasteiger partial charge in [0.1, 0.15) is 5.76 Å². The van der Waals surface area contributed by atoms with Crippen molar-refractivity contribution >= 4 is 0 Å². The Balaban J connectivity index is 0.000000901. The van der Waals surface area contributed by atoms with Crippen LogP contribution in [0.25, 0.3) is 11.4 Å². The lowest BCUT2D eigenvalue weighted by atomic mass is 9.95. The summed E-state index contributed by atoms with van der Waals surface area (Å²) < 4.78 is 6.06. The summed E-state index contributed by atoms with van der Waals surface area (Å²) >= 11 is 0. The first-order valence-electron chi connectivity index (χ1n) is 16.5. The van der Waals surface area contributed by atoms with Gasteiger partial charge in [-0.15, -0.1) is 0 Å². The van der Waals surface area contributed by atoms with Crippen LogP contribution in [0.3, 0.4) is 0 Å². The normalized spacial score (nSPS) is 14.2. The molecule has 0 bridgehead atoms. The van der Waals surface area contributed by atoms with Gasteiger partial charge >= 0.3 is 0 Å². The van der Waals surface area contributed by atoms with Crippen LogP contribution in [0.15, 0.2) is 96.5 Å². The van der Waals surface area contributed by atoms with Crippen molar-refractivity contribution in [1.29, 1.82) is 0 Å². The minimum absolute atomic E-state index is 0.559. The van der Waals surface area contributed by atoms with Gasteiger partial charge in [0.15, 0.2) is 11.7 Å². The minimum atomic E-state index is 0.559. The molecule has 0 spiro atoms. The van der Waals surface area contributed by atoms with Gasteiger partial charge in [-0.25, -0.2) is 9.97 Å². The van der Waals surface area contributed by atoms with Crippen LogP contribution in [-0.4, -0.2) is 14.9 Å². The number of benzene rings is 1. The summed E-state index contributed by atoms with van der Waals surface area (Å²) in [5.41, 5.74) is 6.70. The fourth-order valence-corrected chi connectivity index (χ4v) is 4.46. The molecule has 4 nitrogen and oxygen atoms in total. The summed E-state index contributed by atoms with van der Waals surface area (Å²) in [6, 6.07) is 8.40. The van der Waals surface area contributed by atoms with E-state index in [1.165, 1.54) is 43.2 Å².